The maximum atomic E-state index is 15.1. The molecule has 4 aromatic rings. The molecular weight excluding hydrogens is 567 g/mol. The molecule has 0 aliphatic rings. The van der Waals surface area contributed by atoms with Gasteiger partial charge in [0.25, 0.3) is 5.56 Å². The van der Waals surface area contributed by atoms with Gasteiger partial charge in [-0.25, -0.2) is 9.37 Å². The van der Waals surface area contributed by atoms with Crippen LogP contribution in [0.15, 0.2) is 69.9 Å². The smallest absolute Gasteiger partial charge is 0.262 e. The van der Waals surface area contributed by atoms with E-state index in [1.165, 1.54) is 11.6 Å². The molecule has 0 fully saturated rings. The van der Waals surface area contributed by atoms with Crippen molar-refractivity contribution in [1.29, 1.82) is 0 Å². The van der Waals surface area contributed by atoms with Gasteiger partial charge in [0.05, 0.1) is 23.1 Å². The van der Waals surface area contributed by atoms with E-state index in [0.717, 1.165) is 41.7 Å². The minimum atomic E-state index is -0.449. The fourth-order valence-electron chi connectivity index (χ4n) is 4.70. The Hall–Kier alpha value is -3.29. The van der Waals surface area contributed by atoms with E-state index in [2.05, 4.69) is 78.1 Å². The quantitative estimate of drug-likeness (QED) is 0.168. The molecule has 0 unspecified atom stereocenters. The Bertz CT molecular complexity index is 1520. The molecule has 0 bridgehead atoms. The molecule has 0 saturated carbocycles. The van der Waals surface area contributed by atoms with Crippen molar-refractivity contribution in [2.24, 2.45) is 0 Å². The summed E-state index contributed by atoms with van der Waals surface area (Å²) in [5, 5.41) is 3.47. The van der Waals surface area contributed by atoms with Gasteiger partial charge in [0.2, 0.25) is 0 Å². The van der Waals surface area contributed by atoms with Gasteiger partial charge in [-0.1, -0.05) is 92.2 Å². The number of anilines is 1. The van der Waals surface area contributed by atoms with Crippen LogP contribution in [0.25, 0.3) is 23.1 Å². The van der Waals surface area contributed by atoms with Gasteiger partial charge in [-0.3, -0.25) is 9.36 Å². The van der Waals surface area contributed by atoms with Crippen LogP contribution in [-0.4, -0.2) is 40.6 Å². The van der Waals surface area contributed by atoms with E-state index in [9.17, 15) is 4.79 Å². The summed E-state index contributed by atoms with van der Waals surface area (Å²) in [5.74, 6) is 0.519. The minimum Gasteiger partial charge on any atom is -0.383 e. The molecular formula is C33H38BrFN4O. The first-order chi connectivity index (χ1) is 19.3. The summed E-state index contributed by atoms with van der Waals surface area (Å²) < 4.78 is 17.6. The average molecular weight is 606 g/mol. The number of benzene rings is 3. The first-order valence-electron chi connectivity index (χ1n) is 14.0. The van der Waals surface area contributed by atoms with Gasteiger partial charge in [-0.05, 0) is 72.9 Å². The fourth-order valence-corrected chi connectivity index (χ4v) is 5.11. The summed E-state index contributed by atoms with van der Waals surface area (Å²) in [7, 11) is 0. The molecule has 0 aliphatic heterocycles. The van der Waals surface area contributed by atoms with E-state index in [4.69, 9.17) is 4.98 Å². The summed E-state index contributed by atoms with van der Waals surface area (Å²) in [4.78, 5) is 20.9. The normalized spacial score (nSPS) is 11.8. The molecule has 0 atom stereocenters. The Labute approximate surface area is 244 Å². The van der Waals surface area contributed by atoms with Crippen molar-refractivity contribution in [1.82, 2.24) is 14.5 Å². The Morgan fingerprint density at radius 3 is 2.45 bits per heavy atom. The lowest BCUT2D eigenvalue weighted by atomic mass is 10.0. The van der Waals surface area contributed by atoms with Gasteiger partial charge in [-0.2, -0.15) is 0 Å². The van der Waals surface area contributed by atoms with Gasteiger partial charge in [0.15, 0.2) is 0 Å². The second-order valence-electron chi connectivity index (χ2n) is 10.3. The molecule has 0 amide bonds. The SMILES string of the molecule is CCN(CC)CCCNc1cc2nc(/C=C/c3ccc(C(C)C)cc3)n(Cc3ccccc3Br)c(=O)c2cc1F. The summed E-state index contributed by atoms with van der Waals surface area (Å²) in [6, 6.07) is 19.1. The first-order valence-corrected chi connectivity index (χ1v) is 14.8. The first kappa shape index (κ1) is 29.7. The molecule has 1 N–H and O–H groups in total. The van der Waals surface area contributed by atoms with Crippen molar-refractivity contribution in [3.8, 4) is 0 Å². The largest absolute Gasteiger partial charge is 0.383 e. The van der Waals surface area contributed by atoms with E-state index < -0.39 is 5.82 Å². The zero-order valence-corrected chi connectivity index (χ0v) is 25.3. The Morgan fingerprint density at radius 2 is 1.77 bits per heavy atom. The van der Waals surface area contributed by atoms with Crippen LogP contribution in [0.4, 0.5) is 10.1 Å². The molecule has 0 saturated heterocycles. The number of hydrogen-bond donors (Lipinski definition) is 1. The molecule has 1 heterocycles. The van der Waals surface area contributed by atoms with E-state index in [1.54, 1.807) is 10.6 Å². The Balaban J connectivity index is 1.71. The maximum Gasteiger partial charge on any atom is 0.262 e. The summed E-state index contributed by atoms with van der Waals surface area (Å²) in [6.07, 6.45) is 4.72. The second-order valence-corrected chi connectivity index (χ2v) is 11.1. The zero-order chi connectivity index (χ0) is 28.6. The van der Waals surface area contributed by atoms with Crippen molar-refractivity contribution in [3.05, 3.63) is 104 Å². The summed E-state index contributed by atoms with van der Waals surface area (Å²) in [5.41, 5.74) is 3.78. The standard InChI is InChI=1S/C33H38BrFN4O/c1-5-38(6-2)19-9-18-36-31-21-30-27(20-29(31)35)33(40)39(22-26-10-7-8-11-28(26)34)32(37-30)17-14-24-12-15-25(16-13-24)23(3)4/h7-8,10-17,20-21,23,36H,5-6,9,18-19,22H2,1-4H3/b17-14+. The lowest BCUT2D eigenvalue weighted by molar-refractivity contribution is 0.303. The van der Waals surface area contributed by atoms with E-state index >= 15 is 4.39 Å². The molecule has 1 aromatic heterocycles. The van der Waals surface area contributed by atoms with E-state index in [0.29, 0.717) is 36.0 Å². The second kappa shape index (κ2) is 13.9. The monoisotopic (exact) mass is 604 g/mol. The third-order valence-electron chi connectivity index (χ3n) is 7.25. The van der Waals surface area contributed by atoms with E-state index in [1.807, 2.05) is 36.4 Å². The third kappa shape index (κ3) is 7.26. The van der Waals surface area contributed by atoms with Crippen LogP contribution < -0.4 is 10.9 Å². The molecule has 5 nitrogen and oxygen atoms in total. The topological polar surface area (TPSA) is 50.2 Å². The number of hydrogen-bond acceptors (Lipinski definition) is 4. The predicted molar refractivity (Wildman–Crippen MR) is 170 cm³/mol. The number of halogens is 2. The van der Waals surface area contributed by atoms with Crippen LogP contribution in [0, 0.1) is 5.82 Å². The maximum absolute atomic E-state index is 15.1. The Morgan fingerprint density at radius 1 is 1.05 bits per heavy atom. The molecule has 0 aliphatic carbocycles. The van der Waals surface area contributed by atoms with Crippen LogP contribution in [0.5, 0.6) is 0 Å². The number of rotatable bonds is 12. The van der Waals surface area contributed by atoms with Crippen LogP contribution in [0.2, 0.25) is 0 Å². The fraction of sp³-hybridized carbons (Fsp3) is 0.333. The minimum absolute atomic E-state index is 0.261. The van der Waals surface area contributed by atoms with Crippen LogP contribution >= 0.6 is 15.9 Å². The lowest BCUT2D eigenvalue weighted by Crippen LogP contribution is -2.26. The van der Waals surface area contributed by atoms with Crippen LogP contribution in [-0.2, 0) is 6.54 Å². The molecule has 7 heteroatoms. The van der Waals surface area contributed by atoms with Gasteiger partial charge >= 0.3 is 0 Å². The third-order valence-corrected chi connectivity index (χ3v) is 8.02. The van der Waals surface area contributed by atoms with Crippen LogP contribution in [0.1, 0.15) is 62.5 Å². The number of fused-ring (bicyclic) bond motifs is 1. The molecule has 210 valence electrons. The van der Waals surface area contributed by atoms with Gasteiger partial charge < -0.3 is 10.2 Å². The van der Waals surface area contributed by atoms with Crippen molar-refractivity contribution in [3.63, 3.8) is 0 Å². The highest BCUT2D eigenvalue weighted by Crippen LogP contribution is 2.23. The highest BCUT2D eigenvalue weighted by molar-refractivity contribution is 9.10. The highest BCUT2D eigenvalue weighted by atomic mass is 79.9. The highest BCUT2D eigenvalue weighted by Gasteiger charge is 2.15. The summed E-state index contributed by atoms with van der Waals surface area (Å²) in [6.45, 7) is 12.5. The van der Waals surface area contributed by atoms with Gasteiger partial charge in [0.1, 0.15) is 11.6 Å². The molecule has 4 rings (SSSR count). The van der Waals surface area contributed by atoms with Crippen molar-refractivity contribution < 1.29 is 4.39 Å². The van der Waals surface area contributed by atoms with Gasteiger partial charge in [0, 0.05) is 11.0 Å². The average Bonchev–Trinajstić information content (AvgIpc) is 2.95. The van der Waals surface area contributed by atoms with E-state index in [-0.39, 0.29) is 10.9 Å². The van der Waals surface area contributed by atoms with Gasteiger partial charge in [-0.15, -0.1) is 0 Å². The van der Waals surface area contributed by atoms with Crippen molar-refractivity contribution in [2.45, 2.75) is 46.6 Å². The predicted octanol–water partition coefficient (Wildman–Crippen LogP) is 7.78. The molecule has 40 heavy (non-hydrogen) atoms. The summed E-state index contributed by atoms with van der Waals surface area (Å²) >= 11 is 3.59. The van der Waals surface area contributed by atoms with Crippen molar-refractivity contribution >= 4 is 44.7 Å². The number of aromatic nitrogens is 2. The molecule has 0 spiro atoms. The number of nitrogens with one attached hydrogen (secondary N) is 1. The zero-order valence-electron chi connectivity index (χ0n) is 23.8. The molecule has 3 aromatic carbocycles. The number of nitrogens with zero attached hydrogens (tertiary/aromatic N) is 3. The lowest BCUT2D eigenvalue weighted by Gasteiger charge is -2.18. The van der Waals surface area contributed by atoms with Crippen molar-refractivity contribution in [2.75, 3.05) is 31.5 Å². The van der Waals surface area contributed by atoms with Crippen LogP contribution in [0.3, 0.4) is 0 Å². The Kier molecular flexibility index (Phi) is 10.3. The molecule has 0 radical (unpaired) electrons.